The summed E-state index contributed by atoms with van der Waals surface area (Å²) in [7, 11) is 0. The summed E-state index contributed by atoms with van der Waals surface area (Å²) in [5.41, 5.74) is -3.20. The zero-order valence-corrected chi connectivity index (χ0v) is 21.2. The van der Waals surface area contributed by atoms with Crippen LogP contribution >= 0.6 is 0 Å². The lowest BCUT2D eigenvalue weighted by Crippen LogP contribution is -2.70. The van der Waals surface area contributed by atoms with Crippen molar-refractivity contribution in [1.29, 1.82) is 0 Å². The number of carbonyl (C=O) groups is 2. The molecular formula is C26H24F6N2O7. The van der Waals surface area contributed by atoms with Gasteiger partial charge in [0.1, 0.15) is 17.3 Å². The molecule has 1 atom stereocenters. The van der Waals surface area contributed by atoms with E-state index in [-0.39, 0.29) is 29.4 Å². The van der Waals surface area contributed by atoms with Gasteiger partial charge in [0.05, 0.1) is 17.2 Å². The molecule has 2 aromatic rings. The first-order chi connectivity index (χ1) is 19.2. The number of hydrogen-bond acceptors (Lipinski definition) is 7. The van der Waals surface area contributed by atoms with Gasteiger partial charge < -0.3 is 34.7 Å². The number of benzene rings is 2. The van der Waals surface area contributed by atoms with E-state index in [1.165, 1.54) is 12.1 Å². The van der Waals surface area contributed by atoms with Crippen LogP contribution in [0.2, 0.25) is 0 Å². The number of aliphatic hydroxyl groups excluding tert-OH is 1. The fourth-order valence-corrected chi connectivity index (χ4v) is 5.44. The van der Waals surface area contributed by atoms with Crippen molar-refractivity contribution in [3.63, 3.8) is 0 Å². The molecule has 0 radical (unpaired) electrons. The third kappa shape index (κ3) is 6.09. The van der Waals surface area contributed by atoms with Gasteiger partial charge in [0, 0.05) is 17.7 Å². The van der Waals surface area contributed by atoms with Crippen molar-refractivity contribution < 1.29 is 60.0 Å². The lowest BCUT2D eigenvalue weighted by molar-refractivity contribution is -0.286. The molecular weight excluding hydrogens is 566 g/mol. The molecule has 1 aliphatic heterocycles. The summed E-state index contributed by atoms with van der Waals surface area (Å²) in [4.78, 5) is 25.2. The van der Waals surface area contributed by atoms with E-state index in [4.69, 9.17) is 9.47 Å². The van der Waals surface area contributed by atoms with Crippen LogP contribution in [0.5, 0.6) is 23.0 Å². The van der Waals surface area contributed by atoms with Gasteiger partial charge in [-0.05, 0) is 56.4 Å². The molecule has 3 N–H and O–H groups in total. The van der Waals surface area contributed by atoms with Crippen molar-refractivity contribution in [2.75, 3.05) is 13.2 Å². The number of halogens is 6. The number of nitrogens with one attached hydrogen (secondary N) is 2. The summed E-state index contributed by atoms with van der Waals surface area (Å²) < 4.78 is 97.4. The van der Waals surface area contributed by atoms with Crippen LogP contribution in [0.4, 0.5) is 26.3 Å². The third-order valence-corrected chi connectivity index (χ3v) is 7.47. The van der Waals surface area contributed by atoms with E-state index in [2.05, 4.69) is 20.1 Å². The van der Waals surface area contributed by atoms with Crippen molar-refractivity contribution in [3.05, 3.63) is 47.8 Å². The largest absolute Gasteiger partial charge is 0.586 e. The standard InChI is InChI=1S/C26H24F6N2O7/c27-17-9-14(1-3-16(17)25(28,29)30)38-12-21(36)33-23-5-7-24(8-6-23,20(35)11-23)34-22(37)13-39-15-2-4-18-19(10-15)41-26(31,32)40-18/h1-4,9-10,20,35H,5-8,11-13H2,(H,33,36)(H,34,37). The van der Waals surface area contributed by atoms with Crippen molar-refractivity contribution >= 4 is 11.8 Å². The summed E-state index contributed by atoms with van der Waals surface area (Å²) in [5, 5.41) is 16.5. The lowest BCUT2D eigenvalue weighted by atomic mass is 9.60. The minimum atomic E-state index is -4.86. The van der Waals surface area contributed by atoms with Gasteiger partial charge in [-0.15, -0.1) is 8.78 Å². The highest BCUT2D eigenvalue weighted by Gasteiger charge is 2.55. The number of fused-ring (bicyclic) bond motifs is 4. The van der Waals surface area contributed by atoms with Crippen LogP contribution in [0.3, 0.4) is 0 Å². The number of alkyl halides is 5. The van der Waals surface area contributed by atoms with E-state index in [9.17, 15) is 41.0 Å². The molecule has 15 heteroatoms. The molecule has 3 saturated carbocycles. The normalized spacial score (nSPS) is 25.9. The third-order valence-electron chi connectivity index (χ3n) is 7.47. The van der Waals surface area contributed by atoms with Crippen LogP contribution in [0.25, 0.3) is 0 Å². The van der Waals surface area contributed by atoms with E-state index in [1.807, 2.05) is 0 Å². The zero-order valence-electron chi connectivity index (χ0n) is 21.2. The highest BCUT2D eigenvalue weighted by molar-refractivity contribution is 5.79. The maximum Gasteiger partial charge on any atom is 0.586 e. The predicted octanol–water partition coefficient (Wildman–Crippen LogP) is 3.67. The Balaban J connectivity index is 1.10. The number of carbonyl (C=O) groups excluding carboxylic acids is 2. The molecule has 2 amide bonds. The van der Waals surface area contributed by atoms with Crippen LogP contribution in [0.1, 0.15) is 37.7 Å². The second kappa shape index (κ2) is 10.2. The number of amides is 2. The average molecular weight is 590 g/mol. The molecule has 2 aromatic carbocycles. The Morgan fingerprint density at radius 1 is 0.902 bits per heavy atom. The molecule has 3 fully saturated rings. The van der Waals surface area contributed by atoms with Gasteiger partial charge >= 0.3 is 12.5 Å². The molecule has 0 aromatic heterocycles. The van der Waals surface area contributed by atoms with Gasteiger partial charge in [0.25, 0.3) is 11.8 Å². The molecule has 1 unspecified atom stereocenters. The van der Waals surface area contributed by atoms with Crippen LogP contribution in [-0.2, 0) is 15.8 Å². The van der Waals surface area contributed by atoms with E-state index in [0.717, 1.165) is 12.1 Å². The van der Waals surface area contributed by atoms with Crippen LogP contribution in [0, 0.1) is 5.82 Å². The van der Waals surface area contributed by atoms with E-state index in [0.29, 0.717) is 37.8 Å². The first kappa shape index (κ1) is 28.6. The maximum atomic E-state index is 13.7. The Morgan fingerprint density at radius 3 is 2.10 bits per heavy atom. The number of hydrogen-bond donors (Lipinski definition) is 3. The zero-order chi connectivity index (χ0) is 29.6. The molecule has 4 aliphatic rings. The van der Waals surface area contributed by atoms with Gasteiger partial charge in [-0.1, -0.05) is 0 Å². The van der Waals surface area contributed by atoms with Gasteiger partial charge in [-0.25, -0.2) is 4.39 Å². The van der Waals surface area contributed by atoms with Crippen LogP contribution < -0.4 is 29.6 Å². The Bertz CT molecular complexity index is 1340. The van der Waals surface area contributed by atoms with Crippen molar-refractivity contribution in [1.82, 2.24) is 10.6 Å². The fourth-order valence-electron chi connectivity index (χ4n) is 5.44. The SMILES string of the molecule is O=C(COc1ccc(C(F)(F)F)c(F)c1)NC12CCC(NC(=O)COc3ccc4c(c3)OC(F)(F)O4)(CC1)C(O)C2. The Kier molecular flexibility index (Phi) is 7.12. The fraction of sp³-hybridized carbons (Fsp3) is 0.462. The summed E-state index contributed by atoms with van der Waals surface area (Å²) in [5.74, 6) is -3.26. The molecule has 0 saturated heterocycles. The Morgan fingerprint density at radius 2 is 1.49 bits per heavy atom. The second-order valence-corrected chi connectivity index (χ2v) is 10.2. The highest BCUT2D eigenvalue weighted by atomic mass is 19.4. The molecule has 222 valence electrons. The second-order valence-electron chi connectivity index (χ2n) is 10.2. The Labute approximate surface area is 228 Å². The molecule has 41 heavy (non-hydrogen) atoms. The first-order valence-corrected chi connectivity index (χ1v) is 12.5. The summed E-state index contributed by atoms with van der Waals surface area (Å²) in [6.07, 6.45) is -8.10. The predicted molar refractivity (Wildman–Crippen MR) is 126 cm³/mol. The first-order valence-electron chi connectivity index (χ1n) is 12.5. The van der Waals surface area contributed by atoms with Crippen LogP contribution in [-0.4, -0.2) is 53.6 Å². The lowest BCUT2D eigenvalue weighted by Gasteiger charge is -2.56. The van der Waals surface area contributed by atoms with Gasteiger partial charge in [-0.3, -0.25) is 9.59 Å². The average Bonchev–Trinajstić information content (AvgIpc) is 3.19. The smallest absolute Gasteiger partial charge is 0.484 e. The number of ether oxygens (including phenoxy) is 4. The monoisotopic (exact) mass is 590 g/mol. The Hall–Kier alpha value is -3.88. The molecule has 0 spiro atoms. The highest BCUT2D eigenvalue weighted by Crippen LogP contribution is 2.47. The molecule has 6 rings (SSSR count). The summed E-state index contributed by atoms with van der Waals surface area (Å²) in [6.45, 7) is -1.05. The van der Waals surface area contributed by atoms with Gasteiger partial charge in [0.2, 0.25) is 0 Å². The van der Waals surface area contributed by atoms with E-state index < -0.39 is 66.1 Å². The summed E-state index contributed by atoms with van der Waals surface area (Å²) >= 11 is 0. The topological polar surface area (TPSA) is 115 Å². The number of rotatable bonds is 8. The quantitative estimate of drug-likeness (QED) is 0.402. The van der Waals surface area contributed by atoms with Crippen LogP contribution in [0.15, 0.2) is 36.4 Å². The minimum absolute atomic E-state index is 0.0912. The van der Waals surface area contributed by atoms with Crippen molar-refractivity contribution in [2.45, 2.75) is 61.8 Å². The molecule has 9 nitrogen and oxygen atoms in total. The van der Waals surface area contributed by atoms with E-state index >= 15 is 0 Å². The minimum Gasteiger partial charge on any atom is -0.484 e. The van der Waals surface area contributed by atoms with E-state index in [1.54, 1.807) is 0 Å². The molecule has 3 aliphatic carbocycles. The summed E-state index contributed by atoms with van der Waals surface area (Å²) in [6, 6.07) is 5.69. The van der Waals surface area contributed by atoms with Crippen molar-refractivity contribution in [2.24, 2.45) is 0 Å². The van der Waals surface area contributed by atoms with Crippen molar-refractivity contribution in [3.8, 4) is 23.0 Å². The van der Waals surface area contributed by atoms with Gasteiger partial charge in [-0.2, -0.15) is 13.2 Å². The number of aliphatic hydroxyl groups is 1. The molecule has 1 heterocycles. The molecule has 2 bridgehead atoms. The maximum absolute atomic E-state index is 13.7. The van der Waals surface area contributed by atoms with Gasteiger partial charge in [0.15, 0.2) is 24.7 Å².